The number of hydrogen-bond acceptors (Lipinski definition) is 4. The van der Waals surface area contributed by atoms with Gasteiger partial charge >= 0.3 is 0 Å². The summed E-state index contributed by atoms with van der Waals surface area (Å²) in [5.41, 5.74) is 1.06. The van der Waals surface area contributed by atoms with Crippen LogP contribution in [0.4, 0.5) is 0 Å². The number of imidazole rings is 1. The van der Waals surface area contributed by atoms with Crippen molar-refractivity contribution in [2.24, 2.45) is 0 Å². The van der Waals surface area contributed by atoms with Crippen molar-refractivity contribution < 1.29 is 10.2 Å². The fourth-order valence-corrected chi connectivity index (χ4v) is 1.22. The third kappa shape index (κ3) is 2.80. The van der Waals surface area contributed by atoms with Crippen LogP contribution >= 0.6 is 0 Å². The predicted octanol–water partition coefficient (Wildman–Crippen LogP) is -0.654. The Labute approximate surface area is 83.4 Å². The van der Waals surface area contributed by atoms with Crippen molar-refractivity contribution in [1.29, 1.82) is 0 Å². The summed E-state index contributed by atoms with van der Waals surface area (Å²) in [5, 5.41) is 20.7. The summed E-state index contributed by atoms with van der Waals surface area (Å²) in [7, 11) is 0. The van der Waals surface area contributed by atoms with Gasteiger partial charge in [-0.15, -0.1) is 0 Å². The van der Waals surface area contributed by atoms with Crippen LogP contribution in [0.25, 0.3) is 0 Å². The first-order valence-corrected chi connectivity index (χ1v) is 4.75. The molecule has 5 heteroatoms. The molecule has 1 aromatic rings. The Kier molecular flexibility index (Phi) is 4.58. The van der Waals surface area contributed by atoms with Crippen LogP contribution < -0.4 is 5.32 Å². The zero-order valence-corrected chi connectivity index (χ0v) is 8.35. The first kappa shape index (κ1) is 11.2. The molecule has 0 aliphatic heterocycles. The fraction of sp³-hybridized carbons (Fsp3) is 0.667. The lowest BCUT2D eigenvalue weighted by atomic mass is 10.3. The molecule has 0 fully saturated rings. The van der Waals surface area contributed by atoms with Crippen molar-refractivity contribution in [3.63, 3.8) is 0 Å². The Balaban J connectivity index is 2.44. The third-order valence-corrected chi connectivity index (χ3v) is 2.15. The topological polar surface area (TPSA) is 70.3 Å². The predicted molar refractivity (Wildman–Crippen MR) is 52.7 cm³/mol. The van der Waals surface area contributed by atoms with Gasteiger partial charge in [0.1, 0.15) is 0 Å². The maximum absolute atomic E-state index is 8.84. The minimum Gasteiger partial charge on any atom is -0.395 e. The van der Waals surface area contributed by atoms with E-state index in [1.54, 1.807) is 12.5 Å². The first-order chi connectivity index (χ1) is 6.81. The molecule has 0 aliphatic rings. The number of aliphatic hydroxyl groups is 2. The summed E-state index contributed by atoms with van der Waals surface area (Å²) in [6.07, 6.45) is 3.55. The summed E-state index contributed by atoms with van der Waals surface area (Å²) >= 11 is 0. The number of nitrogens with zero attached hydrogens (tertiary/aromatic N) is 2. The monoisotopic (exact) mass is 199 g/mol. The van der Waals surface area contributed by atoms with E-state index < -0.39 is 0 Å². The van der Waals surface area contributed by atoms with Crippen molar-refractivity contribution in [2.45, 2.75) is 26.1 Å². The van der Waals surface area contributed by atoms with E-state index in [0.29, 0.717) is 6.54 Å². The molecule has 1 aromatic heterocycles. The van der Waals surface area contributed by atoms with Crippen LogP contribution in [0.1, 0.15) is 12.6 Å². The van der Waals surface area contributed by atoms with Gasteiger partial charge in [0.25, 0.3) is 0 Å². The lowest BCUT2D eigenvalue weighted by molar-refractivity contribution is 0.169. The summed E-state index contributed by atoms with van der Waals surface area (Å²) in [6.45, 7) is 3.41. The second-order valence-corrected chi connectivity index (χ2v) is 3.11. The molecule has 0 bridgehead atoms. The van der Waals surface area contributed by atoms with Crippen LogP contribution in [-0.4, -0.2) is 39.0 Å². The Hall–Kier alpha value is -0.910. The molecule has 5 nitrogen and oxygen atoms in total. The molecule has 0 atom stereocenters. The largest absolute Gasteiger partial charge is 0.395 e. The molecular weight excluding hydrogens is 182 g/mol. The third-order valence-electron chi connectivity index (χ3n) is 2.15. The molecule has 3 N–H and O–H groups in total. The van der Waals surface area contributed by atoms with Crippen molar-refractivity contribution in [3.05, 3.63) is 18.2 Å². The molecule has 0 spiro atoms. The lowest BCUT2D eigenvalue weighted by Gasteiger charge is -2.13. The van der Waals surface area contributed by atoms with E-state index in [-0.39, 0.29) is 19.3 Å². The lowest BCUT2D eigenvalue weighted by Crippen LogP contribution is -2.35. The number of nitrogens with one attached hydrogen (secondary N) is 1. The highest BCUT2D eigenvalue weighted by atomic mass is 16.3. The minimum absolute atomic E-state index is 0.0588. The molecule has 0 saturated heterocycles. The second kappa shape index (κ2) is 5.74. The second-order valence-electron chi connectivity index (χ2n) is 3.11. The number of aliphatic hydroxyl groups excluding tert-OH is 2. The maximum atomic E-state index is 8.84. The fourth-order valence-electron chi connectivity index (χ4n) is 1.22. The van der Waals surface area contributed by atoms with Gasteiger partial charge in [-0.25, -0.2) is 4.98 Å². The van der Waals surface area contributed by atoms with E-state index in [1.807, 2.05) is 11.5 Å². The van der Waals surface area contributed by atoms with Gasteiger partial charge in [0.2, 0.25) is 0 Å². The van der Waals surface area contributed by atoms with Crippen LogP contribution in [-0.2, 0) is 13.1 Å². The molecule has 0 radical (unpaired) electrons. The standard InChI is InChI=1S/C9H17N3O2/c1-2-12-7-10-3-9(12)4-11-8(5-13)6-14/h3,7-8,11,13-14H,2,4-6H2,1H3. The number of aromatic nitrogens is 2. The molecule has 80 valence electrons. The highest BCUT2D eigenvalue weighted by Gasteiger charge is 2.06. The van der Waals surface area contributed by atoms with Gasteiger partial charge in [-0.1, -0.05) is 0 Å². The SMILES string of the molecule is CCn1cncc1CNC(CO)CO. The van der Waals surface area contributed by atoms with Crippen molar-refractivity contribution in [3.8, 4) is 0 Å². The van der Waals surface area contributed by atoms with Gasteiger partial charge in [-0.05, 0) is 6.92 Å². The Morgan fingerprint density at radius 1 is 1.50 bits per heavy atom. The Morgan fingerprint density at radius 2 is 2.21 bits per heavy atom. The smallest absolute Gasteiger partial charge is 0.0948 e. The van der Waals surface area contributed by atoms with E-state index in [9.17, 15) is 0 Å². The molecule has 0 aromatic carbocycles. The normalized spacial score (nSPS) is 11.1. The summed E-state index contributed by atoms with van der Waals surface area (Å²) in [4.78, 5) is 4.02. The van der Waals surface area contributed by atoms with Crippen LogP contribution in [0.5, 0.6) is 0 Å². The van der Waals surface area contributed by atoms with Gasteiger partial charge in [0, 0.05) is 19.3 Å². The van der Waals surface area contributed by atoms with Crippen molar-refractivity contribution in [2.75, 3.05) is 13.2 Å². The maximum Gasteiger partial charge on any atom is 0.0948 e. The van der Waals surface area contributed by atoms with Crippen LogP contribution in [0.3, 0.4) is 0 Å². The zero-order valence-electron chi connectivity index (χ0n) is 8.35. The van der Waals surface area contributed by atoms with Crippen LogP contribution in [0.15, 0.2) is 12.5 Å². The van der Waals surface area contributed by atoms with Gasteiger partial charge in [0.15, 0.2) is 0 Å². The summed E-state index contributed by atoms with van der Waals surface area (Å²) in [5.74, 6) is 0. The van der Waals surface area contributed by atoms with E-state index in [0.717, 1.165) is 12.2 Å². The summed E-state index contributed by atoms with van der Waals surface area (Å²) in [6, 6.07) is -0.254. The number of hydrogen-bond donors (Lipinski definition) is 3. The first-order valence-electron chi connectivity index (χ1n) is 4.75. The number of aryl methyl sites for hydroxylation is 1. The van der Waals surface area contributed by atoms with Crippen molar-refractivity contribution in [1.82, 2.24) is 14.9 Å². The van der Waals surface area contributed by atoms with Gasteiger partial charge in [-0.3, -0.25) is 0 Å². The van der Waals surface area contributed by atoms with Crippen LogP contribution in [0, 0.1) is 0 Å². The molecule has 1 heterocycles. The average molecular weight is 199 g/mol. The van der Waals surface area contributed by atoms with E-state index >= 15 is 0 Å². The van der Waals surface area contributed by atoms with Crippen LogP contribution in [0.2, 0.25) is 0 Å². The van der Waals surface area contributed by atoms with Gasteiger partial charge in [-0.2, -0.15) is 0 Å². The molecule has 0 amide bonds. The highest BCUT2D eigenvalue weighted by Crippen LogP contribution is 1.98. The van der Waals surface area contributed by atoms with E-state index in [4.69, 9.17) is 10.2 Å². The molecule has 1 rings (SSSR count). The van der Waals surface area contributed by atoms with Gasteiger partial charge in [0.05, 0.1) is 31.3 Å². The highest BCUT2D eigenvalue weighted by molar-refractivity contribution is 4.98. The Morgan fingerprint density at radius 3 is 2.79 bits per heavy atom. The summed E-state index contributed by atoms with van der Waals surface area (Å²) < 4.78 is 2.01. The van der Waals surface area contributed by atoms with E-state index in [2.05, 4.69) is 10.3 Å². The Bertz CT molecular complexity index is 258. The van der Waals surface area contributed by atoms with Gasteiger partial charge < -0.3 is 20.1 Å². The molecule has 0 aliphatic carbocycles. The van der Waals surface area contributed by atoms with E-state index in [1.165, 1.54) is 0 Å². The molecular formula is C9H17N3O2. The zero-order chi connectivity index (χ0) is 10.4. The number of rotatable bonds is 6. The molecule has 14 heavy (non-hydrogen) atoms. The minimum atomic E-state index is -0.254. The molecule has 0 unspecified atom stereocenters. The average Bonchev–Trinajstić information content (AvgIpc) is 2.67. The van der Waals surface area contributed by atoms with Crippen molar-refractivity contribution >= 4 is 0 Å². The quantitative estimate of drug-likeness (QED) is 0.569. The molecule has 0 saturated carbocycles.